The number of amides is 1. The number of aromatic nitrogens is 1. The topological polar surface area (TPSA) is 44.9 Å². The molecule has 4 rings (SSSR count). The van der Waals surface area contributed by atoms with Crippen LogP contribution in [0.15, 0.2) is 72.9 Å². The molecule has 3 aromatic carbocycles. The highest BCUT2D eigenvalue weighted by Crippen LogP contribution is 2.22. The summed E-state index contributed by atoms with van der Waals surface area (Å²) in [5.74, 6) is -0.0687. The highest BCUT2D eigenvalue weighted by molar-refractivity contribution is 6.31. The van der Waals surface area contributed by atoms with E-state index in [9.17, 15) is 4.79 Å². The van der Waals surface area contributed by atoms with E-state index in [0.717, 1.165) is 45.5 Å². The van der Waals surface area contributed by atoms with Gasteiger partial charge in [-0.05, 0) is 72.0 Å². The molecule has 0 aliphatic carbocycles. The Hall–Kier alpha value is -2.75. The molecule has 0 spiro atoms. The van der Waals surface area contributed by atoms with Gasteiger partial charge in [-0.25, -0.2) is 0 Å². The summed E-state index contributed by atoms with van der Waals surface area (Å²) in [5.41, 5.74) is 5.10. The first-order chi connectivity index (χ1) is 14.1. The van der Waals surface area contributed by atoms with E-state index in [4.69, 9.17) is 23.2 Å². The maximum atomic E-state index is 12.6. The van der Waals surface area contributed by atoms with Crippen LogP contribution in [0.5, 0.6) is 0 Å². The molecule has 0 fully saturated rings. The maximum absolute atomic E-state index is 12.6. The lowest BCUT2D eigenvalue weighted by Gasteiger charge is -2.08. The lowest BCUT2D eigenvalue weighted by molar-refractivity contribution is 0.0954. The second-order valence-corrected chi connectivity index (χ2v) is 7.89. The number of hydrogen-bond acceptors (Lipinski definition) is 1. The number of fused-ring (bicyclic) bond motifs is 1. The highest BCUT2D eigenvalue weighted by atomic mass is 35.5. The Labute approximate surface area is 179 Å². The zero-order chi connectivity index (χ0) is 20.2. The molecular formula is C24H20Cl2N2O. The number of benzene rings is 3. The van der Waals surface area contributed by atoms with Gasteiger partial charge in [0.2, 0.25) is 0 Å². The third-order valence-electron chi connectivity index (χ3n) is 4.92. The van der Waals surface area contributed by atoms with Gasteiger partial charge in [0, 0.05) is 39.3 Å². The van der Waals surface area contributed by atoms with E-state index >= 15 is 0 Å². The molecule has 0 unspecified atom stereocenters. The molecule has 146 valence electrons. The summed E-state index contributed by atoms with van der Waals surface area (Å²) in [6.45, 7) is 0.555. The van der Waals surface area contributed by atoms with Crippen LogP contribution < -0.4 is 5.32 Å². The predicted molar refractivity (Wildman–Crippen MR) is 120 cm³/mol. The summed E-state index contributed by atoms with van der Waals surface area (Å²) in [4.78, 5) is 15.8. The predicted octanol–water partition coefficient (Wildman–Crippen LogP) is 6.04. The molecule has 0 radical (unpaired) electrons. The van der Waals surface area contributed by atoms with E-state index < -0.39 is 0 Å². The van der Waals surface area contributed by atoms with E-state index in [1.807, 2.05) is 72.9 Å². The Kier molecular flexibility index (Phi) is 5.89. The van der Waals surface area contributed by atoms with E-state index in [2.05, 4.69) is 10.3 Å². The van der Waals surface area contributed by atoms with E-state index in [-0.39, 0.29) is 5.91 Å². The van der Waals surface area contributed by atoms with Crippen LogP contribution in [0, 0.1) is 0 Å². The van der Waals surface area contributed by atoms with Gasteiger partial charge in [-0.15, -0.1) is 0 Å². The normalized spacial score (nSPS) is 11.0. The number of nitrogens with one attached hydrogen (secondary N) is 2. The van der Waals surface area contributed by atoms with Gasteiger partial charge < -0.3 is 10.3 Å². The molecule has 0 bridgehead atoms. The number of halogens is 2. The van der Waals surface area contributed by atoms with Gasteiger partial charge in [0.1, 0.15) is 0 Å². The van der Waals surface area contributed by atoms with Crippen molar-refractivity contribution < 1.29 is 4.79 Å². The smallest absolute Gasteiger partial charge is 0.251 e. The number of aromatic amines is 1. The van der Waals surface area contributed by atoms with Gasteiger partial charge in [0.05, 0.1) is 0 Å². The van der Waals surface area contributed by atoms with Gasteiger partial charge in [-0.3, -0.25) is 4.79 Å². The van der Waals surface area contributed by atoms with Crippen LogP contribution in [-0.2, 0) is 12.8 Å². The first kappa shape index (κ1) is 19.6. The van der Waals surface area contributed by atoms with Gasteiger partial charge in [-0.1, -0.05) is 47.5 Å². The van der Waals surface area contributed by atoms with Gasteiger partial charge in [-0.2, -0.15) is 0 Å². The SMILES string of the molecule is O=C(NCCc1c[nH]c2ccc(Cl)cc12)c1cccc(Cc2ccc(Cl)cc2)c1. The Morgan fingerprint density at radius 3 is 2.52 bits per heavy atom. The number of carbonyl (C=O) groups is 1. The van der Waals surface area contributed by atoms with Crippen molar-refractivity contribution in [3.63, 3.8) is 0 Å². The van der Waals surface area contributed by atoms with Crippen LogP contribution in [0.3, 0.4) is 0 Å². The molecule has 1 amide bonds. The summed E-state index contributed by atoms with van der Waals surface area (Å²) in [5, 5.41) is 5.54. The zero-order valence-corrected chi connectivity index (χ0v) is 17.2. The van der Waals surface area contributed by atoms with Crippen molar-refractivity contribution in [2.45, 2.75) is 12.8 Å². The summed E-state index contributed by atoms with van der Waals surface area (Å²) in [6.07, 6.45) is 3.46. The molecule has 0 aliphatic rings. The van der Waals surface area contributed by atoms with Crippen LogP contribution in [0.25, 0.3) is 10.9 Å². The van der Waals surface area contributed by atoms with E-state index in [1.54, 1.807) is 0 Å². The van der Waals surface area contributed by atoms with Crippen molar-refractivity contribution in [1.82, 2.24) is 10.3 Å². The first-order valence-corrected chi connectivity index (χ1v) is 10.2. The van der Waals surface area contributed by atoms with Crippen LogP contribution in [0.4, 0.5) is 0 Å². The standard InChI is InChI=1S/C24H20Cl2N2O/c25-20-6-4-16(5-7-20)12-17-2-1-3-18(13-17)24(29)27-11-10-19-15-28-23-9-8-21(26)14-22(19)23/h1-9,13-15,28H,10-12H2,(H,27,29). The second kappa shape index (κ2) is 8.73. The minimum Gasteiger partial charge on any atom is -0.361 e. The van der Waals surface area contributed by atoms with Gasteiger partial charge >= 0.3 is 0 Å². The third-order valence-corrected chi connectivity index (χ3v) is 5.41. The van der Waals surface area contributed by atoms with Crippen LogP contribution in [0.2, 0.25) is 10.0 Å². The van der Waals surface area contributed by atoms with Crippen LogP contribution in [-0.4, -0.2) is 17.4 Å². The minimum atomic E-state index is -0.0687. The Morgan fingerprint density at radius 1 is 0.897 bits per heavy atom. The van der Waals surface area contributed by atoms with Crippen molar-refractivity contribution in [3.05, 3.63) is 105 Å². The van der Waals surface area contributed by atoms with E-state index in [0.29, 0.717) is 17.1 Å². The van der Waals surface area contributed by atoms with Crippen molar-refractivity contribution >= 4 is 40.0 Å². The molecule has 0 saturated heterocycles. The monoisotopic (exact) mass is 422 g/mol. The quantitative estimate of drug-likeness (QED) is 0.390. The molecule has 0 atom stereocenters. The Bertz CT molecular complexity index is 1150. The summed E-state index contributed by atoms with van der Waals surface area (Å²) < 4.78 is 0. The molecular weight excluding hydrogens is 403 g/mol. The van der Waals surface area contributed by atoms with Crippen molar-refractivity contribution in [1.29, 1.82) is 0 Å². The number of rotatable bonds is 6. The number of H-pyrrole nitrogens is 1. The van der Waals surface area contributed by atoms with Gasteiger partial charge in [0.25, 0.3) is 5.91 Å². The zero-order valence-electron chi connectivity index (χ0n) is 15.7. The van der Waals surface area contributed by atoms with Crippen molar-refractivity contribution in [2.24, 2.45) is 0 Å². The molecule has 0 saturated carbocycles. The molecule has 0 aliphatic heterocycles. The van der Waals surface area contributed by atoms with Crippen molar-refractivity contribution in [2.75, 3.05) is 6.54 Å². The van der Waals surface area contributed by atoms with Gasteiger partial charge in [0.15, 0.2) is 0 Å². The Balaban J connectivity index is 1.38. The molecule has 4 aromatic rings. The fourth-order valence-corrected chi connectivity index (χ4v) is 3.73. The molecule has 1 aromatic heterocycles. The summed E-state index contributed by atoms with van der Waals surface area (Å²) in [6, 6.07) is 21.3. The average molecular weight is 423 g/mol. The molecule has 2 N–H and O–H groups in total. The largest absolute Gasteiger partial charge is 0.361 e. The van der Waals surface area contributed by atoms with E-state index in [1.165, 1.54) is 0 Å². The minimum absolute atomic E-state index is 0.0687. The number of carbonyl (C=O) groups excluding carboxylic acids is 1. The third kappa shape index (κ3) is 4.81. The lowest BCUT2D eigenvalue weighted by atomic mass is 10.0. The lowest BCUT2D eigenvalue weighted by Crippen LogP contribution is -2.25. The fourth-order valence-electron chi connectivity index (χ4n) is 3.43. The van der Waals surface area contributed by atoms with Crippen LogP contribution >= 0.6 is 23.2 Å². The second-order valence-electron chi connectivity index (χ2n) is 7.01. The average Bonchev–Trinajstić information content (AvgIpc) is 3.12. The first-order valence-electron chi connectivity index (χ1n) is 9.45. The van der Waals surface area contributed by atoms with Crippen LogP contribution in [0.1, 0.15) is 27.0 Å². The fraction of sp³-hybridized carbons (Fsp3) is 0.125. The maximum Gasteiger partial charge on any atom is 0.251 e. The number of hydrogen-bond donors (Lipinski definition) is 2. The molecule has 1 heterocycles. The molecule has 3 nitrogen and oxygen atoms in total. The Morgan fingerprint density at radius 2 is 1.69 bits per heavy atom. The highest BCUT2D eigenvalue weighted by Gasteiger charge is 2.08. The van der Waals surface area contributed by atoms with Crippen molar-refractivity contribution in [3.8, 4) is 0 Å². The summed E-state index contributed by atoms with van der Waals surface area (Å²) in [7, 11) is 0. The molecule has 29 heavy (non-hydrogen) atoms. The summed E-state index contributed by atoms with van der Waals surface area (Å²) >= 11 is 12.0. The molecule has 5 heteroatoms.